The summed E-state index contributed by atoms with van der Waals surface area (Å²) >= 11 is 1.40. The summed E-state index contributed by atoms with van der Waals surface area (Å²) in [5, 5.41) is 9.12. The van der Waals surface area contributed by atoms with E-state index in [0.717, 1.165) is 28.0 Å². The maximum atomic E-state index is 13.7. The highest BCUT2D eigenvalue weighted by molar-refractivity contribution is 8.00. The maximum Gasteiger partial charge on any atom is 0.192 e. The number of thioether (sulfide) groups is 1. The summed E-state index contributed by atoms with van der Waals surface area (Å²) in [6.45, 7) is 4.48. The Morgan fingerprint density at radius 2 is 1.69 bits per heavy atom. The molecule has 3 aromatic heterocycles. The standard InChI is InChI=1S/C28H24N4O2S/c1-19-7-11-21(12-8-19)25(33)26(22-13-9-20(2)10-14-22)35-28-31-30-27(23-5-3-15-29-17-23)32(28)18-24-6-4-16-34-24/h3-17,26H,18H2,1-2H3. The predicted molar refractivity (Wildman–Crippen MR) is 136 cm³/mol. The molecule has 0 amide bonds. The van der Waals surface area contributed by atoms with E-state index in [1.807, 2.05) is 91.2 Å². The molecule has 5 rings (SSSR count). The van der Waals surface area contributed by atoms with Gasteiger partial charge in [-0.1, -0.05) is 71.4 Å². The van der Waals surface area contributed by atoms with E-state index in [0.29, 0.717) is 23.1 Å². The fourth-order valence-corrected chi connectivity index (χ4v) is 4.89. The van der Waals surface area contributed by atoms with Crippen molar-refractivity contribution < 1.29 is 9.21 Å². The van der Waals surface area contributed by atoms with Gasteiger partial charge in [-0.15, -0.1) is 10.2 Å². The minimum atomic E-state index is -0.486. The van der Waals surface area contributed by atoms with Gasteiger partial charge >= 0.3 is 0 Å². The Morgan fingerprint density at radius 3 is 2.34 bits per heavy atom. The number of ketones is 1. The summed E-state index contributed by atoms with van der Waals surface area (Å²) in [5.41, 5.74) is 4.68. The number of hydrogen-bond donors (Lipinski definition) is 0. The molecule has 0 saturated carbocycles. The first-order valence-corrected chi connectivity index (χ1v) is 12.2. The third-order valence-electron chi connectivity index (χ3n) is 5.71. The van der Waals surface area contributed by atoms with Crippen molar-refractivity contribution in [3.05, 3.63) is 119 Å². The highest BCUT2D eigenvalue weighted by Crippen LogP contribution is 2.38. The zero-order valence-corrected chi connectivity index (χ0v) is 20.3. The van der Waals surface area contributed by atoms with Crippen molar-refractivity contribution in [1.82, 2.24) is 19.7 Å². The lowest BCUT2D eigenvalue weighted by molar-refractivity contribution is 0.0989. The average Bonchev–Trinajstić information content (AvgIpc) is 3.54. The number of pyridine rings is 1. The molecule has 5 aromatic rings. The Kier molecular flexibility index (Phi) is 6.59. The van der Waals surface area contributed by atoms with Crippen molar-refractivity contribution in [2.45, 2.75) is 30.8 Å². The van der Waals surface area contributed by atoms with Crippen LogP contribution in [-0.4, -0.2) is 25.5 Å². The predicted octanol–water partition coefficient (Wildman–Crippen LogP) is 6.31. The topological polar surface area (TPSA) is 73.8 Å². The van der Waals surface area contributed by atoms with Crippen LogP contribution in [0.4, 0.5) is 0 Å². The fraction of sp³-hybridized carbons (Fsp3) is 0.143. The zero-order chi connectivity index (χ0) is 24.2. The van der Waals surface area contributed by atoms with Gasteiger partial charge in [-0.25, -0.2) is 0 Å². The average molecular weight is 481 g/mol. The van der Waals surface area contributed by atoms with Gasteiger partial charge in [0.25, 0.3) is 0 Å². The molecule has 6 nitrogen and oxygen atoms in total. The Labute approximate surface area is 208 Å². The monoisotopic (exact) mass is 480 g/mol. The van der Waals surface area contributed by atoms with Crippen LogP contribution in [0.1, 0.15) is 38.1 Å². The molecule has 0 spiro atoms. The van der Waals surface area contributed by atoms with Crippen LogP contribution in [0.25, 0.3) is 11.4 Å². The van der Waals surface area contributed by atoms with E-state index in [9.17, 15) is 4.79 Å². The number of benzene rings is 2. The molecule has 2 aromatic carbocycles. The van der Waals surface area contributed by atoms with Crippen LogP contribution in [0.5, 0.6) is 0 Å². The van der Waals surface area contributed by atoms with Gasteiger partial charge in [-0.3, -0.25) is 14.3 Å². The second-order valence-electron chi connectivity index (χ2n) is 8.35. The number of nitrogens with zero attached hydrogens (tertiary/aromatic N) is 4. The summed E-state index contributed by atoms with van der Waals surface area (Å²) in [6.07, 6.45) is 5.12. The van der Waals surface area contributed by atoms with E-state index < -0.39 is 5.25 Å². The number of furan rings is 1. The van der Waals surface area contributed by atoms with E-state index in [4.69, 9.17) is 4.42 Å². The Balaban J connectivity index is 1.57. The minimum Gasteiger partial charge on any atom is -0.467 e. The van der Waals surface area contributed by atoms with E-state index >= 15 is 0 Å². The maximum absolute atomic E-state index is 13.7. The normalized spacial score (nSPS) is 11.9. The largest absolute Gasteiger partial charge is 0.467 e. The molecule has 35 heavy (non-hydrogen) atoms. The summed E-state index contributed by atoms with van der Waals surface area (Å²) in [7, 11) is 0. The third-order valence-corrected chi connectivity index (χ3v) is 6.94. The molecule has 3 heterocycles. The zero-order valence-electron chi connectivity index (χ0n) is 19.5. The second-order valence-corrected chi connectivity index (χ2v) is 9.42. The highest BCUT2D eigenvalue weighted by Gasteiger charge is 2.27. The molecule has 0 fully saturated rings. The Bertz CT molecular complexity index is 1410. The van der Waals surface area contributed by atoms with Crippen molar-refractivity contribution in [1.29, 1.82) is 0 Å². The van der Waals surface area contributed by atoms with Crippen molar-refractivity contribution in [3.8, 4) is 11.4 Å². The number of Topliss-reactive ketones (excluding diaryl/α,β-unsaturated/α-hetero) is 1. The van der Waals surface area contributed by atoms with E-state index in [-0.39, 0.29) is 5.78 Å². The van der Waals surface area contributed by atoms with Crippen LogP contribution in [0.2, 0.25) is 0 Å². The molecule has 0 bridgehead atoms. The Hall–Kier alpha value is -3.97. The molecule has 0 aliphatic rings. The van der Waals surface area contributed by atoms with Crippen molar-refractivity contribution in [2.24, 2.45) is 0 Å². The summed E-state index contributed by atoms with van der Waals surface area (Å²) in [5.74, 6) is 1.46. The number of aromatic nitrogens is 4. The van der Waals surface area contributed by atoms with Gasteiger partial charge in [0.05, 0.1) is 12.8 Å². The van der Waals surface area contributed by atoms with Crippen LogP contribution < -0.4 is 0 Å². The lowest BCUT2D eigenvalue weighted by Crippen LogP contribution is -2.12. The van der Waals surface area contributed by atoms with E-state index in [1.165, 1.54) is 11.8 Å². The molecule has 7 heteroatoms. The lowest BCUT2D eigenvalue weighted by Gasteiger charge is -2.17. The fourth-order valence-electron chi connectivity index (χ4n) is 3.77. The molecular formula is C28H24N4O2S. The van der Waals surface area contributed by atoms with Crippen LogP contribution in [-0.2, 0) is 6.54 Å². The van der Waals surface area contributed by atoms with Crippen molar-refractivity contribution in [3.63, 3.8) is 0 Å². The van der Waals surface area contributed by atoms with Crippen LogP contribution in [0.3, 0.4) is 0 Å². The molecule has 0 N–H and O–H groups in total. The lowest BCUT2D eigenvalue weighted by atomic mass is 10.0. The van der Waals surface area contributed by atoms with Gasteiger partial charge in [0.15, 0.2) is 16.8 Å². The number of aryl methyl sites for hydroxylation is 2. The van der Waals surface area contributed by atoms with E-state index in [1.54, 1.807) is 18.7 Å². The smallest absolute Gasteiger partial charge is 0.192 e. The molecule has 0 aliphatic heterocycles. The van der Waals surface area contributed by atoms with Crippen LogP contribution >= 0.6 is 11.8 Å². The van der Waals surface area contributed by atoms with Gasteiger partial charge in [0.1, 0.15) is 11.0 Å². The Morgan fingerprint density at radius 1 is 0.943 bits per heavy atom. The number of carbonyl (C=O) groups is 1. The third kappa shape index (κ3) is 5.10. The SMILES string of the molecule is Cc1ccc(C(=O)C(Sc2nnc(-c3cccnc3)n2Cc2ccco2)c2ccc(C)cc2)cc1. The highest BCUT2D eigenvalue weighted by atomic mass is 32.2. The molecular weight excluding hydrogens is 456 g/mol. The van der Waals surface area contributed by atoms with Gasteiger partial charge < -0.3 is 4.42 Å². The van der Waals surface area contributed by atoms with Crippen LogP contribution in [0, 0.1) is 13.8 Å². The molecule has 174 valence electrons. The van der Waals surface area contributed by atoms with E-state index in [2.05, 4.69) is 15.2 Å². The first-order valence-electron chi connectivity index (χ1n) is 11.3. The van der Waals surface area contributed by atoms with Gasteiger partial charge in [0.2, 0.25) is 0 Å². The molecule has 0 aliphatic carbocycles. The van der Waals surface area contributed by atoms with Crippen molar-refractivity contribution in [2.75, 3.05) is 0 Å². The number of hydrogen-bond acceptors (Lipinski definition) is 6. The number of carbonyl (C=O) groups excluding carboxylic acids is 1. The van der Waals surface area contributed by atoms with Crippen LogP contribution in [0.15, 0.2) is 101 Å². The molecule has 1 unspecified atom stereocenters. The van der Waals surface area contributed by atoms with Gasteiger partial charge in [-0.05, 0) is 43.7 Å². The number of rotatable bonds is 8. The minimum absolute atomic E-state index is 0.0225. The molecule has 0 saturated heterocycles. The first-order chi connectivity index (χ1) is 17.1. The van der Waals surface area contributed by atoms with Crippen molar-refractivity contribution >= 4 is 17.5 Å². The summed E-state index contributed by atoms with van der Waals surface area (Å²) < 4.78 is 7.59. The molecule has 0 radical (unpaired) electrons. The summed E-state index contributed by atoms with van der Waals surface area (Å²) in [6, 6.07) is 23.3. The molecule has 1 atom stereocenters. The summed E-state index contributed by atoms with van der Waals surface area (Å²) in [4.78, 5) is 18.0. The first kappa shape index (κ1) is 22.8. The van der Waals surface area contributed by atoms with Gasteiger partial charge in [0, 0.05) is 23.5 Å². The second kappa shape index (κ2) is 10.1. The van der Waals surface area contributed by atoms with Gasteiger partial charge in [-0.2, -0.15) is 0 Å². The quantitative estimate of drug-likeness (QED) is 0.191.